The number of benzene rings is 1. The topological polar surface area (TPSA) is 80.3 Å². The average molecular weight is 393 g/mol. The molecule has 0 unspecified atom stereocenters. The predicted octanol–water partition coefficient (Wildman–Crippen LogP) is 3.63. The summed E-state index contributed by atoms with van der Waals surface area (Å²) in [6, 6.07) is 10.7. The second kappa shape index (κ2) is 7.97. The van der Waals surface area contributed by atoms with E-state index in [1.807, 2.05) is 0 Å². The van der Waals surface area contributed by atoms with Crippen LogP contribution >= 0.6 is 0 Å². The molecular weight excluding hydrogens is 375 g/mol. The number of alkyl halides is 3. The molecule has 1 aromatic carbocycles. The van der Waals surface area contributed by atoms with Crippen molar-refractivity contribution < 1.29 is 27.5 Å². The van der Waals surface area contributed by atoms with Gasteiger partial charge in [-0.25, -0.2) is 4.98 Å². The van der Waals surface area contributed by atoms with Gasteiger partial charge in [0.05, 0.1) is 0 Å². The van der Waals surface area contributed by atoms with Crippen molar-refractivity contribution in [3.8, 4) is 0 Å². The predicted molar refractivity (Wildman–Crippen MR) is 95.8 cm³/mol. The maximum absolute atomic E-state index is 13.6. The molecule has 1 saturated heterocycles. The van der Waals surface area contributed by atoms with Crippen molar-refractivity contribution in [2.45, 2.75) is 19.0 Å². The second-order valence-corrected chi connectivity index (χ2v) is 6.40. The van der Waals surface area contributed by atoms with Gasteiger partial charge < -0.3 is 15.4 Å². The Morgan fingerprint density at radius 3 is 2.43 bits per heavy atom. The Morgan fingerprint density at radius 2 is 1.79 bits per heavy atom. The molecule has 0 radical (unpaired) electrons. The van der Waals surface area contributed by atoms with Gasteiger partial charge in [-0.2, -0.15) is 13.2 Å². The van der Waals surface area contributed by atoms with Crippen molar-refractivity contribution in [2.24, 2.45) is 5.41 Å². The number of aromatic nitrogens is 1. The standard InChI is InChI=1S/C19H18F3N3O3/c20-19(21,22)18(7-10-28-11-8-18)17(27)24-14-5-3-4-13(12-14)16(26)25-15-6-1-2-9-23-15/h1-6,9,12H,7-8,10-11H2,(H,24,27)(H,23,25,26). The summed E-state index contributed by atoms with van der Waals surface area (Å²) >= 11 is 0. The third-order valence-electron chi connectivity index (χ3n) is 4.61. The molecule has 2 amide bonds. The van der Waals surface area contributed by atoms with E-state index in [1.54, 1.807) is 18.2 Å². The van der Waals surface area contributed by atoms with Gasteiger partial charge in [0.15, 0.2) is 0 Å². The lowest BCUT2D eigenvalue weighted by atomic mass is 9.78. The molecule has 0 aliphatic carbocycles. The molecule has 2 aromatic rings. The first-order valence-corrected chi connectivity index (χ1v) is 8.60. The van der Waals surface area contributed by atoms with E-state index in [0.29, 0.717) is 5.82 Å². The number of halogens is 3. The van der Waals surface area contributed by atoms with Crippen LogP contribution in [0.25, 0.3) is 0 Å². The van der Waals surface area contributed by atoms with Crippen LogP contribution in [0.5, 0.6) is 0 Å². The van der Waals surface area contributed by atoms with Crippen LogP contribution in [0.3, 0.4) is 0 Å². The molecule has 28 heavy (non-hydrogen) atoms. The zero-order valence-corrected chi connectivity index (χ0v) is 14.8. The Bertz CT molecular complexity index is 850. The van der Waals surface area contributed by atoms with E-state index in [2.05, 4.69) is 15.6 Å². The zero-order valence-electron chi connectivity index (χ0n) is 14.8. The molecule has 9 heteroatoms. The molecule has 3 rings (SSSR count). The van der Waals surface area contributed by atoms with Crippen LogP contribution < -0.4 is 10.6 Å². The van der Waals surface area contributed by atoms with Crippen LogP contribution in [-0.4, -0.2) is 36.2 Å². The molecule has 0 spiro atoms. The van der Waals surface area contributed by atoms with Crippen LogP contribution in [0.15, 0.2) is 48.7 Å². The molecular formula is C19H18F3N3O3. The van der Waals surface area contributed by atoms with E-state index in [0.717, 1.165) is 0 Å². The van der Waals surface area contributed by atoms with Crippen molar-refractivity contribution in [2.75, 3.05) is 23.8 Å². The van der Waals surface area contributed by atoms with E-state index in [4.69, 9.17) is 4.74 Å². The number of hydrogen-bond acceptors (Lipinski definition) is 4. The summed E-state index contributed by atoms with van der Waals surface area (Å²) in [5.41, 5.74) is -2.22. The molecule has 1 aliphatic heterocycles. The average Bonchev–Trinajstić information content (AvgIpc) is 2.68. The van der Waals surface area contributed by atoms with E-state index < -0.39 is 36.2 Å². The first-order valence-electron chi connectivity index (χ1n) is 8.60. The van der Waals surface area contributed by atoms with E-state index in [-0.39, 0.29) is 24.5 Å². The summed E-state index contributed by atoms with van der Waals surface area (Å²) in [7, 11) is 0. The summed E-state index contributed by atoms with van der Waals surface area (Å²) in [4.78, 5) is 28.8. The van der Waals surface area contributed by atoms with Gasteiger partial charge in [0.25, 0.3) is 5.91 Å². The monoisotopic (exact) mass is 393 g/mol. The van der Waals surface area contributed by atoms with Gasteiger partial charge >= 0.3 is 6.18 Å². The lowest BCUT2D eigenvalue weighted by Crippen LogP contribution is -2.51. The minimum Gasteiger partial charge on any atom is -0.381 e. The molecule has 0 saturated carbocycles. The summed E-state index contributed by atoms with van der Waals surface area (Å²) in [5.74, 6) is -1.31. The molecule has 1 fully saturated rings. The highest BCUT2D eigenvalue weighted by molar-refractivity contribution is 6.05. The fourth-order valence-electron chi connectivity index (χ4n) is 2.97. The maximum Gasteiger partial charge on any atom is 0.403 e. The number of hydrogen-bond donors (Lipinski definition) is 2. The number of carbonyl (C=O) groups excluding carboxylic acids is 2. The van der Waals surface area contributed by atoms with Gasteiger partial charge in [0, 0.05) is 30.7 Å². The minimum atomic E-state index is -4.70. The minimum absolute atomic E-state index is 0.105. The van der Waals surface area contributed by atoms with Gasteiger partial charge in [-0.1, -0.05) is 12.1 Å². The summed E-state index contributed by atoms with van der Waals surface area (Å²) < 4.78 is 45.8. The Balaban J connectivity index is 1.76. The lowest BCUT2D eigenvalue weighted by molar-refractivity contribution is -0.237. The molecule has 148 valence electrons. The Kier molecular flexibility index (Phi) is 5.64. The van der Waals surface area contributed by atoms with Crippen molar-refractivity contribution in [1.82, 2.24) is 4.98 Å². The first kappa shape index (κ1) is 19.8. The summed E-state index contributed by atoms with van der Waals surface area (Å²) in [6.07, 6.45) is -4.07. The van der Waals surface area contributed by atoms with Crippen molar-refractivity contribution in [3.05, 3.63) is 54.2 Å². The molecule has 1 aromatic heterocycles. The number of nitrogens with one attached hydrogen (secondary N) is 2. The highest BCUT2D eigenvalue weighted by Gasteiger charge is 2.60. The Labute approximate surface area is 159 Å². The van der Waals surface area contributed by atoms with Gasteiger partial charge in [-0.15, -0.1) is 0 Å². The third-order valence-corrected chi connectivity index (χ3v) is 4.61. The third kappa shape index (κ3) is 4.14. The molecule has 2 N–H and O–H groups in total. The highest BCUT2D eigenvalue weighted by atomic mass is 19.4. The normalized spacial score (nSPS) is 16.2. The first-order chi connectivity index (χ1) is 13.3. The summed E-state index contributed by atoms with van der Waals surface area (Å²) in [5, 5.41) is 4.88. The number of nitrogens with zero attached hydrogens (tertiary/aromatic N) is 1. The van der Waals surface area contributed by atoms with Gasteiger partial charge in [0.1, 0.15) is 11.2 Å². The van der Waals surface area contributed by atoms with Crippen molar-refractivity contribution in [3.63, 3.8) is 0 Å². The van der Waals surface area contributed by atoms with Crippen LogP contribution in [0.2, 0.25) is 0 Å². The van der Waals surface area contributed by atoms with Crippen molar-refractivity contribution >= 4 is 23.3 Å². The molecule has 1 aliphatic rings. The van der Waals surface area contributed by atoms with Crippen LogP contribution in [0, 0.1) is 5.41 Å². The lowest BCUT2D eigenvalue weighted by Gasteiger charge is -2.37. The van der Waals surface area contributed by atoms with Gasteiger partial charge in [-0.05, 0) is 43.2 Å². The molecule has 0 atom stereocenters. The Morgan fingerprint density at radius 1 is 1.04 bits per heavy atom. The number of pyridine rings is 1. The summed E-state index contributed by atoms with van der Waals surface area (Å²) in [6.45, 7) is -0.279. The number of anilines is 2. The fraction of sp³-hybridized carbons (Fsp3) is 0.316. The van der Waals surface area contributed by atoms with E-state index in [1.165, 1.54) is 30.5 Å². The maximum atomic E-state index is 13.6. The molecule has 6 nitrogen and oxygen atoms in total. The van der Waals surface area contributed by atoms with Gasteiger partial charge in [0.2, 0.25) is 5.91 Å². The van der Waals surface area contributed by atoms with Gasteiger partial charge in [-0.3, -0.25) is 9.59 Å². The van der Waals surface area contributed by atoms with Crippen LogP contribution in [-0.2, 0) is 9.53 Å². The number of ether oxygens (including phenoxy) is 1. The number of rotatable bonds is 4. The van der Waals surface area contributed by atoms with E-state index >= 15 is 0 Å². The van der Waals surface area contributed by atoms with Crippen LogP contribution in [0.1, 0.15) is 23.2 Å². The smallest absolute Gasteiger partial charge is 0.381 e. The van der Waals surface area contributed by atoms with Crippen molar-refractivity contribution in [1.29, 1.82) is 0 Å². The van der Waals surface area contributed by atoms with E-state index in [9.17, 15) is 22.8 Å². The quantitative estimate of drug-likeness (QED) is 0.831. The van der Waals surface area contributed by atoms with Crippen LogP contribution in [0.4, 0.5) is 24.7 Å². The SMILES string of the molecule is O=C(Nc1ccccn1)c1cccc(NC(=O)C2(C(F)(F)F)CCOCC2)c1. The number of amides is 2. The molecule has 0 bridgehead atoms. The zero-order chi connectivity index (χ0) is 20.2. The number of carbonyl (C=O) groups is 2. The largest absolute Gasteiger partial charge is 0.403 e. The Hall–Kier alpha value is -2.94. The molecule has 2 heterocycles. The second-order valence-electron chi connectivity index (χ2n) is 6.40. The fourth-order valence-corrected chi connectivity index (χ4v) is 2.97. The highest BCUT2D eigenvalue weighted by Crippen LogP contribution is 2.46.